The van der Waals surface area contributed by atoms with Crippen molar-refractivity contribution in [2.75, 3.05) is 18.4 Å². The quantitative estimate of drug-likeness (QED) is 0.371. The van der Waals surface area contributed by atoms with Crippen LogP contribution in [0.5, 0.6) is 5.75 Å². The summed E-state index contributed by atoms with van der Waals surface area (Å²) in [6, 6.07) is 15.6. The first kappa shape index (κ1) is 27.3. The summed E-state index contributed by atoms with van der Waals surface area (Å²) in [5.74, 6) is -1.00. The number of nitrogens with one attached hydrogen (secondary N) is 1. The van der Waals surface area contributed by atoms with Gasteiger partial charge in [0.25, 0.3) is 5.91 Å². The number of aromatic nitrogens is 2. The van der Waals surface area contributed by atoms with Gasteiger partial charge in [-0.25, -0.2) is 4.39 Å². The summed E-state index contributed by atoms with van der Waals surface area (Å²) in [5.41, 5.74) is 7.92. The number of phenolic OH excluding ortho intramolecular Hbond substituents is 1. The summed E-state index contributed by atoms with van der Waals surface area (Å²) in [4.78, 5) is 26.3. The molecule has 2 fully saturated rings. The van der Waals surface area contributed by atoms with Crippen LogP contribution >= 0.6 is 0 Å². The monoisotopic (exact) mass is 544 g/mol. The van der Waals surface area contributed by atoms with E-state index in [0.29, 0.717) is 13.1 Å². The highest BCUT2D eigenvalue weighted by Gasteiger charge is 2.47. The van der Waals surface area contributed by atoms with Gasteiger partial charge in [-0.05, 0) is 48.4 Å². The average molecular weight is 545 g/mol. The Bertz CT molecular complexity index is 1460. The molecule has 0 radical (unpaired) electrons. The lowest BCUT2D eigenvalue weighted by Gasteiger charge is -2.43. The molecule has 1 saturated heterocycles. The summed E-state index contributed by atoms with van der Waals surface area (Å²) >= 11 is 0. The summed E-state index contributed by atoms with van der Waals surface area (Å²) in [5, 5.41) is 27.3. The van der Waals surface area contributed by atoms with Gasteiger partial charge in [-0.15, -0.1) is 0 Å². The Morgan fingerprint density at radius 1 is 1.23 bits per heavy atom. The summed E-state index contributed by atoms with van der Waals surface area (Å²) in [6.45, 7) is 2.99. The highest BCUT2D eigenvalue weighted by Crippen LogP contribution is 2.38. The van der Waals surface area contributed by atoms with E-state index in [4.69, 9.17) is 5.73 Å². The zero-order valence-corrected chi connectivity index (χ0v) is 22.4. The van der Waals surface area contributed by atoms with Crippen LogP contribution in [0.15, 0.2) is 48.7 Å². The molecule has 2 aromatic carbocycles. The van der Waals surface area contributed by atoms with E-state index in [2.05, 4.69) is 23.4 Å². The second-order valence-electron chi connectivity index (χ2n) is 10.8. The van der Waals surface area contributed by atoms with Gasteiger partial charge >= 0.3 is 0 Å². The predicted octanol–water partition coefficient (Wildman–Crippen LogP) is 4.12. The number of alkyl halides is 1. The van der Waals surface area contributed by atoms with Gasteiger partial charge in [-0.2, -0.15) is 10.4 Å². The van der Waals surface area contributed by atoms with Crippen molar-refractivity contribution < 1.29 is 19.1 Å². The SMILES string of the molecule is CCc1ccc(-c2ccc(CN3CCC(CC#N)(n4cc(C(N)=O)c(NC(=O)C5CC5)n4)C(F)C3)cc2O)cc1. The third-order valence-electron chi connectivity index (χ3n) is 8.01. The smallest absolute Gasteiger partial charge is 0.254 e. The van der Waals surface area contributed by atoms with Crippen LogP contribution in [-0.4, -0.2) is 50.9 Å². The van der Waals surface area contributed by atoms with E-state index in [0.717, 1.165) is 36.0 Å². The number of carbonyl (C=O) groups is 2. The maximum Gasteiger partial charge on any atom is 0.254 e. The van der Waals surface area contributed by atoms with Crippen molar-refractivity contribution in [3.05, 3.63) is 65.4 Å². The number of hydrogen-bond acceptors (Lipinski definition) is 6. The highest BCUT2D eigenvalue weighted by molar-refractivity contribution is 6.02. The molecule has 1 saturated carbocycles. The van der Waals surface area contributed by atoms with E-state index in [1.807, 2.05) is 41.3 Å². The highest BCUT2D eigenvalue weighted by atomic mass is 19.1. The number of piperidine rings is 1. The average Bonchev–Trinajstić information content (AvgIpc) is 3.70. The van der Waals surface area contributed by atoms with Gasteiger partial charge in [0.1, 0.15) is 23.0 Å². The Hall–Kier alpha value is -4.23. The lowest BCUT2D eigenvalue weighted by Crippen LogP contribution is -2.54. The lowest BCUT2D eigenvalue weighted by atomic mass is 9.83. The van der Waals surface area contributed by atoms with Gasteiger partial charge in [0.15, 0.2) is 5.82 Å². The molecule has 4 N–H and O–H groups in total. The number of nitriles is 1. The summed E-state index contributed by atoms with van der Waals surface area (Å²) < 4.78 is 17.3. The molecule has 3 aromatic rings. The fourth-order valence-corrected chi connectivity index (χ4v) is 5.35. The first-order chi connectivity index (χ1) is 19.2. The van der Waals surface area contributed by atoms with Gasteiger partial charge in [0.2, 0.25) is 5.91 Å². The van der Waals surface area contributed by atoms with Crippen LogP contribution in [-0.2, 0) is 23.3 Å². The van der Waals surface area contributed by atoms with Gasteiger partial charge < -0.3 is 16.2 Å². The number of phenols is 1. The van der Waals surface area contributed by atoms with Crippen LogP contribution in [0.3, 0.4) is 0 Å². The van der Waals surface area contributed by atoms with Crippen LogP contribution in [0, 0.1) is 17.2 Å². The Morgan fingerprint density at radius 2 is 1.95 bits per heavy atom. The number of aromatic hydroxyl groups is 1. The van der Waals surface area contributed by atoms with Crippen molar-refractivity contribution in [1.82, 2.24) is 14.7 Å². The van der Waals surface area contributed by atoms with E-state index in [1.54, 1.807) is 6.07 Å². The van der Waals surface area contributed by atoms with Crippen LogP contribution in [0.25, 0.3) is 11.1 Å². The molecule has 2 unspecified atom stereocenters. The topological polar surface area (TPSA) is 137 Å². The maximum absolute atomic E-state index is 16.0. The number of benzene rings is 2. The number of aryl methyl sites for hydroxylation is 1. The molecule has 2 aliphatic rings. The number of rotatable bonds is 9. The maximum atomic E-state index is 16.0. The Labute approximate surface area is 232 Å². The van der Waals surface area contributed by atoms with E-state index < -0.39 is 17.6 Å². The minimum Gasteiger partial charge on any atom is -0.507 e. The molecule has 40 heavy (non-hydrogen) atoms. The van der Waals surface area contributed by atoms with Crippen molar-refractivity contribution in [3.8, 4) is 22.9 Å². The summed E-state index contributed by atoms with van der Waals surface area (Å²) in [7, 11) is 0. The number of primary amides is 1. The number of nitrogens with zero attached hydrogens (tertiary/aromatic N) is 4. The number of likely N-dealkylation sites (tertiary alicyclic amines) is 1. The van der Waals surface area contributed by atoms with Crippen LogP contribution in [0.2, 0.25) is 0 Å². The number of halogens is 1. The number of carbonyl (C=O) groups excluding carboxylic acids is 2. The van der Waals surface area contributed by atoms with E-state index in [-0.39, 0.29) is 48.3 Å². The minimum absolute atomic E-state index is 0.00348. The molecule has 0 bridgehead atoms. The Balaban J connectivity index is 1.32. The molecule has 2 atom stereocenters. The van der Waals surface area contributed by atoms with Crippen LogP contribution in [0.1, 0.15) is 54.1 Å². The van der Waals surface area contributed by atoms with Crippen molar-refractivity contribution in [1.29, 1.82) is 5.26 Å². The van der Waals surface area contributed by atoms with Crippen molar-refractivity contribution in [3.63, 3.8) is 0 Å². The molecule has 208 valence electrons. The fourth-order valence-electron chi connectivity index (χ4n) is 5.35. The fraction of sp³-hybridized carbons (Fsp3) is 0.400. The minimum atomic E-state index is -1.49. The molecule has 1 aromatic heterocycles. The largest absolute Gasteiger partial charge is 0.507 e. The third-order valence-corrected chi connectivity index (χ3v) is 8.01. The molecular formula is C30H33FN6O3. The zero-order valence-electron chi connectivity index (χ0n) is 22.4. The van der Waals surface area contributed by atoms with E-state index >= 15 is 4.39 Å². The number of amides is 2. The number of anilines is 1. The first-order valence-electron chi connectivity index (χ1n) is 13.6. The lowest BCUT2D eigenvalue weighted by molar-refractivity contribution is -0.117. The molecule has 9 nitrogen and oxygen atoms in total. The number of nitrogens with two attached hydrogens (primary N) is 1. The Morgan fingerprint density at radius 3 is 2.55 bits per heavy atom. The predicted molar refractivity (Wildman–Crippen MR) is 148 cm³/mol. The molecule has 2 amide bonds. The van der Waals surface area contributed by atoms with Gasteiger partial charge in [0, 0.05) is 37.3 Å². The van der Waals surface area contributed by atoms with E-state index in [9.17, 15) is 20.0 Å². The van der Waals surface area contributed by atoms with Crippen LogP contribution in [0.4, 0.5) is 10.2 Å². The standard InChI is InChI=1S/C30H33FN6O3/c1-2-19-3-6-21(7-4-19)23-10-5-20(15-25(23)38)16-36-14-12-30(11-13-32,26(31)18-36)37-17-24(27(33)39)28(35-37)34-29(40)22-8-9-22/h3-7,10,15,17,22,26,38H,2,8-9,11-12,14,16,18H2,1H3,(H2,33,39)(H,34,35,40). The molecule has 0 spiro atoms. The van der Waals surface area contributed by atoms with Crippen molar-refractivity contribution in [2.24, 2.45) is 11.7 Å². The van der Waals surface area contributed by atoms with Crippen molar-refractivity contribution >= 4 is 17.6 Å². The van der Waals surface area contributed by atoms with Crippen molar-refractivity contribution in [2.45, 2.75) is 57.3 Å². The molecule has 10 heteroatoms. The normalized spacial score (nSPS) is 21.1. The molecule has 2 heterocycles. The second-order valence-corrected chi connectivity index (χ2v) is 10.8. The molecule has 5 rings (SSSR count). The number of hydrogen-bond donors (Lipinski definition) is 3. The van der Waals surface area contributed by atoms with Gasteiger partial charge in [-0.1, -0.05) is 43.3 Å². The first-order valence-corrected chi connectivity index (χ1v) is 13.6. The van der Waals surface area contributed by atoms with Crippen LogP contribution < -0.4 is 11.1 Å². The van der Waals surface area contributed by atoms with E-state index in [1.165, 1.54) is 16.4 Å². The second kappa shape index (κ2) is 11.1. The van der Waals surface area contributed by atoms with Gasteiger partial charge in [-0.3, -0.25) is 19.2 Å². The molecule has 1 aliphatic carbocycles. The molecular weight excluding hydrogens is 511 g/mol. The zero-order chi connectivity index (χ0) is 28.4. The molecule has 1 aliphatic heterocycles. The Kier molecular flexibility index (Phi) is 7.59. The van der Waals surface area contributed by atoms with Gasteiger partial charge in [0.05, 0.1) is 12.5 Å². The third kappa shape index (κ3) is 5.42. The summed E-state index contributed by atoms with van der Waals surface area (Å²) in [6.07, 6.45) is 2.43.